The molecule has 2 aromatic heterocycles. The lowest BCUT2D eigenvalue weighted by atomic mass is 10.2. The van der Waals surface area contributed by atoms with Crippen molar-refractivity contribution < 1.29 is 4.42 Å². The van der Waals surface area contributed by atoms with E-state index in [4.69, 9.17) is 16.0 Å². The van der Waals surface area contributed by atoms with E-state index in [2.05, 4.69) is 15.4 Å². The maximum atomic E-state index is 6.17. The summed E-state index contributed by atoms with van der Waals surface area (Å²) in [7, 11) is 1.83. The molecule has 2 heterocycles. The number of rotatable bonds is 4. The second-order valence-corrected chi connectivity index (χ2v) is 4.75. The van der Waals surface area contributed by atoms with E-state index in [0.717, 1.165) is 17.0 Å². The third-order valence-electron chi connectivity index (χ3n) is 2.86. The molecular formula is C12H17ClN4O. The summed E-state index contributed by atoms with van der Waals surface area (Å²) in [5.41, 5.74) is 1.94. The molecule has 1 unspecified atom stereocenters. The number of aromatic nitrogens is 3. The molecule has 0 amide bonds. The van der Waals surface area contributed by atoms with E-state index in [-0.39, 0.29) is 6.04 Å². The molecule has 0 bridgehead atoms. The molecule has 0 aliphatic heterocycles. The minimum atomic E-state index is 0.0365. The molecule has 0 saturated heterocycles. The van der Waals surface area contributed by atoms with Gasteiger partial charge in [0.2, 0.25) is 5.89 Å². The van der Waals surface area contributed by atoms with Crippen LogP contribution in [0.1, 0.15) is 35.9 Å². The molecular weight excluding hydrogens is 252 g/mol. The Kier molecular flexibility index (Phi) is 3.73. The topological polar surface area (TPSA) is 55.9 Å². The fraction of sp³-hybridized carbons (Fsp3) is 0.500. The van der Waals surface area contributed by atoms with Crippen LogP contribution in [0.25, 0.3) is 0 Å². The van der Waals surface area contributed by atoms with Gasteiger partial charge >= 0.3 is 0 Å². The van der Waals surface area contributed by atoms with Crippen LogP contribution < -0.4 is 5.32 Å². The molecule has 0 aliphatic carbocycles. The second kappa shape index (κ2) is 5.12. The monoisotopic (exact) mass is 268 g/mol. The van der Waals surface area contributed by atoms with Gasteiger partial charge in [0.1, 0.15) is 10.9 Å². The molecule has 6 heteroatoms. The highest BCUT2D eigenvalue weighted by atomic mass is 35.5. The van der Waals surface area contributed by atoms with Gasteiger partial charge in [0.15, 0.2) is 0 Å². The quantitative estimate of drug-likeness (QED) is 0.926. The molecule has 0 fully saturated rings. The normalized spacial score (nSPS) is 12.9. The zero-order valence-electron chi connectivity index (χ0n) is 11.0. The Morgan fingerprint density at radius 1 is 1.50 bits per heavy atom. The van der Waals surface area contributed by atoms with Crippen LogP contribution in [0.4, 0.5) is 0 Å². The minimum Gasteiger partial charge on any atom is -0.444 e. The lowest BCUT2D eigenvalue weighted by molar-refractivity contribution is 0.402. The van der Waals surface area contributed by atoms with Gasteiger partial charge in [-0.3, -0.25) is 4.68 Å². The van der Waals surface area contributed by atoms with E-state index in [0.29, 0.717) is 17.6 Å². The SMILES string of the molecule is Cc1cnc(C(C)NCc2c(C)nn(C)c2Cl)o1. The molecule has 18 heavy (non-hydrogen) atoms. The Morgan fingerprint density at radius 3 is 2.72 bits per heavy atom. The van der Waals surface area contributed by atoms with Crippen LogP contribution in [-0.2, 0) is 13.6 Å². The van der Waals surface area contributed by atoms with E-state index in [9.17, 15) is 0 Å². The van der Waals surface area contributed by atoms with Gasteiger partial charge in [-0.05, 0) is 20.8 Å². The second-order valence-electron chi connectivity index (χ2n) is 4.39. The van der Waals surface area contributed by atoms with Crippen molar-refractivity contribution in [1.82, 2.24) is 20.1 Å². The van der Waals surface area contributed by atoms with Crippen molar-refractivity contribution in [3.05, 3.63) is 34.3 Å². The summed E-state index contributed by atoms with van der Waals surface area (Å²) in [6.07, 6.45) is 1.72. The Morgan fingerprint density at radius 2 is 2.22 bits per heavy atom. The van der Waals surface area contributed by atoms with Gasteiger partial charge in [0.25, 0.3) is 0 Å². The zero-order chi connectivity index (χ0) is 13.3. The van der Waals surface area contributed by atoms with Gasteiger partial charge in [0.05, 0.1) is 17.9 Å². The molecule has 2 aromatic rings. The zero-order valence-corrected chi connectivity index (χ0v) is 11.7. The highest BCUT2D eigenvalue weighted by Crippen LogP contribution is 2.20. The lowest BCUT2D eigenvalue weighted by Crippen LogP contribution is -2.18. The largest absolute Gasteiger partial charge is 0.444 e. The van der Waals surface area contributed by atoms with Gasteiger partial charge in [0, 0.05) is 19.2 Å². The predicted molar refractivity (Wildman–Crippen MR) is 69.4 cm³/mol. The number of nitrogens with one attached hydrogen (secondary N) is 1. The Balaban J connectivity index is 2.03. The molecule has 1 N–H and O–H groups in total. The average Bonchev–Trinajstić information content (AvgIpc) is 2.83. The number of aryl methyl sites for hydroxylation is 3. The van der Waals surface area contributed by atoms with Gasteiger partial charge in [-0.25, -0.2) is 4.98 Å². The van der Waals surface area contributed by atoms with Gasteiger partial charge in [-0.2, -0.15) is 5.10 Å². The summed E-state index contributed by atoms with van der Waals surface area (Å²) in [4.78, 5) is 4.20. The third kappa shape index (κ3) is 2.57. The van der Waals surface area contributed by atoms with Crippen molar-refractivity contribution in [2.45, 2.75) is 33.4 Å². The summed E-state index contributed by atoms with van der Waals surface area (Å²) in [5, 5.41) is 8.26. The van der Waals surface area contributed by atoms with Crippen molar-refractivity contribution >= 4 is 11.6 Å². The van der Waals surface area contributed by atoms with Gasteiger partial charge in [-0.15, -0.1) is 0 Å². The Labute approximate surface area is 111 Å². The number of hydrogen-bond donors (Lipinski definition) is 1. The maximum Gasteiger partial charge on any atom is 0.211 e. The molecule has 2 rings (SSSR count). The van der Waals surface area contributed by atoms with E-state index < -0.39 is 0 Å². The summed E-state index contributed by atoms with van der Waals surface area (Å²) < 4.78 is 7.15. The van der Waals surface area contributed by atoms with Crippen LogP contribution in [0, 0.1) is 13.8 Å². The van der Waals surface area contributed by atoms with Crippen molar-refractivity contribution in [2.24, 2.45) is 7.05 Å². The number of oxazole rings is 1. The van der Waals surface area contributed by atoms with Crippen LogP contribution in [0.3, 0.4) is 0 Å². The van der Waals surface area contributed by atoms with Crippen molar-refractivity contribution in [1.29, 1.82) is 0 Å². The van der Waals surface area contributed by atoms with Crippen molar-refractivity contribution in [3.8, 4) is 0 Å². The van der Waals surface area contributed by atoms with Crippen LogP contribution in [-0.4, -0.2) is 14.8 Å². The van der Waals surface area contributed by atoms with Crippen LogP contribution in [0.5, 0.6) is 0 Å². The summed E-state index contributed by atoms with van der Waals surface area (Å²) in [5.74, 6) is 1.50. The molecule has 0 spiro atoms. The fourth-order valence-electron chi connectivity index (χ4n) is 1.79. The van der Waals surface area contributed by atoms with Crippen LogP contribution >= 0.6 is 11.6 Å². The molecule has 98 valence electrons. The number of nitrogens with zero attached hydrogens (tertiary/aromatic N) is 3. The lowest BCUT2D eigenvalue weighted by Gasteiger charge is -2.10. The highest BCUT2D eigenvalue weighted by Gasteiger charge is 2.15. The first-order valence-corrected chi connectivity index (χ1v) is 6.20. The van der Waals surface area contributed by atoms with Crippen molar-refractivity contribution in [3.63, 3.8) is 0 Å². The van der Waals surface area contributed by atoms with Crippen molar-refractivity contribution in [2.75, 3.05) is 0 Å². The molecule has 1 atom stereocenters. The first kappa shape index (κ1) is 13.1. The number of hydrogen-bond acceptors (Lipinski definition) is 4. The van der Waals surface area contributed by atoms with E-state index in [1.807, 2.05) is 27.8 Å². The molecule has 0 radical (unpaired) electrons. The maximum absolute atomic E-state index is 6.17. The standard InChI is InChI=1S/C12H17ClN4O/c1-7-5-15-12(18-7)9(3)14-6-10-8(2)16-17(4)11(10)13/h5,9,14H,6H2,1-4H3. The van der Waals surface area contributed by atoms with Crippen LogP contribution in [0.15, 0.2) is 10.6 Å². The summed E-state index contributed by atoms with van der Waals surface area (Å²) >= 11 is 6.17. The fourth-order valence-corrected chi connectivity index (χ4v) is 2.03. The predicted octanol–water partition coefficient (Wildman–Crippen LogP) is 2.53. The van der Waals surface area contributed by atoms with Crippen LogP contribution in [0.2, 0.25) is 5.15 Å². The first-order valence-electron chi connectivity index (χ1n) is 5.82. The van der Waals surface area contributed by atoms with Gasteiger partial charge in [-0.1, -0.05) is 11.6 Å². The summed E-state index contributed by atoms with van der Waals surface area (Å²) in [6, 6.07) is 0.0365. The third-order valence-corrected chi connectivity index (χ3v) is 3.34. The summed E-state index contributed by atoms with van der Waals surface area (Å²) in [6.45, 7) is 6.47. The molecule has 0 aromatic carbocycles. The average molecular weight is 269 g/mol. The minimum absolute atomic E-state index is 0.0365. The Hall–Kier alpha value is -1.33. The smallest absolute Gasteiger partial charge is 0.211 e. The van der Waals surface area contributed by atoms with E-state index >= 15 is 0 Å². The number of halogens is 1. The van der Waals surface area contributed by atoms with E-state index in [1.165, 1.54) is 0 Å². The molecule has 0 saturated carbocycles. The van der Waals surface area contributed by atoms with Gasteiger partial charge < -0.3 is 9.73 Å². The molecule has 0 aliphatic rings. The highest BCUT2D eigenvalue weighted by molar-refractivity contribution is 6.30. The molecule has 5 nitrogen and oxygen atoms in total. The first-order chi connectivity index (χ1) is 8.49. The van der Waals surface area contributed by atoms with E-state index in [1.54, 1.807) is 10.9 Å². The Bertz CT molecular complexity index is 546.